The van der Waals surface area contributed by atoms with Crippen LogP contribution >= 0.6 is 32.3 Å². The van der Waals surface area contributed by atoms with Gasteiger partial charge in [-0.1, -0.05) is 31.6 Å². The van der Waals surface area contributed by atoms with E-state index in [1.807, 2.05) is 6.07 Å². The van der Waals surface area contributed by atoms with Crippen molar-refractivity contribution in [1.29, 1.82) is 0 Å². The lowest BCUT2D eigenvalue weighted by molar-refractivity contribution is 0.668. The normalized spacial score (nSPS) is 11.8. The third-order valence-electron chi connectivity index (χ3n) is 3.26. The van der Waals surface area contributed by atoms with Crippen molar-refractivity contribution in [2.45, 2.75) is 24.7 Å². The number of benzene rings is 2. The summed E-state index contributed by atoms with van der Waals surface area (Å²) in [5.41, 5.74) is 3.25. The summed E-state index contributed by atoms with van der Waals surface area (Å²) < 4.78 is 5.89. The Bertz CT molecular complexity index is 731. The predicted molar refractivity (Wildman–Crippen MR) is 90.2 cm³/mol. The van der Waals surface area contributed by atoms with Crippen molar-refractivity contribution in [1.82, 2.24) is 0 Å². The number of hydrogen-bond donors (Lipinski definition) is 1. The zero-order valence-electron chi connectivity index (χ0n) is 10.7. The molecule has 0 saturated heterocycles. The van der Waals surface area contributed by atoms with Crippen LogP contribution in [0.1, 0.15) is 25.3 Å². The number of rotatable bonds is 3. The molecule has 3 aromatic rings. The maximum Gasteiger partial charge on any atom is 0.135 e. The Morgan fingerprint density at radius 2 is 1.68 bits per heavy atom. The summed E-state index contributed by atoms with van der Waals surface area (Å²) in [5.74, 6) is 0.528. The standard InChI is InChI=1S/C15H14OS3/c1-9(2)10-3-5-14-12(7-10)13-8-11(18-19-17)4-6-15(13)16-14/h3-9,17H,1-2H3. The molecule has 98 valence electrons. The number of fused-ring (bicyclic) bond motifs is 3. The van der Waals surface area contributed by atoms with Gasteiger partial charge in [0.25, 0.3) is 0 Å². The molecule has 19 heavy (non-hydrogen) atoms. The van der Waals surface area contributed by atoms with Gasteiger partial charge in [-0.05, 0) is 62.4 Å². The number of hydrogen-bond acceptors (Lipinski definition) is 4. The van der Waals surface area contributed by atoms with Gasteiger partial charge >= 0.3 is 0 Å². The van der Waals surface area contributed by atoms with Crippen molar-refractivity contribution in [3.63, 3.8) is 0 Å². The van der Waals surface area contributed by atoms with Gasteiger partial charge in [0.1, 0.15) is 11.2 Å². The van der Waals surface area contributed by atoms with Crippen LogP contribution in [-0.2, 0) is 0 Å². The predicted octanol–water partition coefficient (Wildman–Crippen LogP) is 6.29. The first-order chi connectivity index (χ1) is 9.19. The van der Waals surface area contributed by atoms with Gasteiger partial charge in [-0.2, -0.15) is 0 Å². The minimum atomic E-state index is 0.528. The highest BCUT2D eigenvalue weighted by Crippen LogP contribution is 2.38. The largest absolute Gasteiger partial charge is 0.456 e. The van der Waals surface area contributed by atoms with Gasteiger partial charge in [-0.25, -0.2) is 0 Å². The molecule has 1 heterocycles. The van der Waals surface area contributed by atoms with Crippen LogP contribution in [0.4, 0.5) is 0 Å². The minimum absolute atomic E-state index is 0.528. The molecule has 2 aromatic carbocycles. The summed E-state index contributed by atoms with van der Waals surface area (Å²) in [6.45, 7) is 4.42. The zero-order chi connectivity index (χ0) is 13.4. The first-order valence-electron chi connectivity index (χ1n) is 6.13. The molecule has 0 fully saturated rings. The molecule has 4 heteroatoms. The fourth-order valence-corrected chi connectivity index (χ4v) is 3.95. The van der Waals surface area contributed by atoms with Gasteiger partial charge in [-0.3, -0.25) is 0 Å². The van der Waals surface area contributed by atoms with E-state index in [0.29, 0.717) is 5.92 Å². The Hall–Kier alpha value is -0.710. The summed E-state index contributed by atoms with van der Waals surface area (Å²) in [7, 11) is 3.11. The molecule has 0 amide bonds. The molecule has 0 N–H and O–H groups in total. The summed E-state index contributed by atoms with van der Waals surface area (Å²) in [6.07, 6.45) is 0. The van der Waals surface area contributed by atoms with Gasteiger partial charge < -0.3 is 4.42 Å². The molecule has 0 aliphatic rings. The molecular weight excluding hydrogens is 292 g/mol. The van der Waals surface area contributed by atoms with Gasteiger partial charge in [-0.15, -0.1) is 0 Å². The number of furan rings is 1. The lowest BCUT2D eigenvalue weighted by atomic mass is 10.0. The summed E-state index contributed by atoms with van der Waals surface area (Å²) >= 11 is 4.18. The summed E-state index contributed by atoms with van der Waals surface area (Å²) in [5, 5.41) is 2.39. The topological polar surface area (TPSA) is 13.1 Å². The van der Waals surface area contributed by atoms with Crippen LogP contribution in [0.25, 0.3) is 21.9 Å². The van der Waals surface area contributed by atoms with E-state index in [-0.39, 0.29) is 0 Å². The van der Waals surface area contributed by atoms with E-state index >= 15 is 0 Å². The monoisotopic (exact) mass is 306 g/mol. The van der Waals surface area contributed by atoms with Gasteiger partial charge in [0.15, 0.2) is 0 Å². The SMILES string of the molecule is CC(C)c1ccc2oc3ccc(SSS)cc3c2c1. The lowest BCUT2D eigenvalue weighted by Gasteiger charge is -2.04. The molecule has 0 spiro atoms. The van der Waals surface area contributed by atoms with Gasteiger partial charge in [0, 0.05) is 15.7 Å². The second-order valence-corrected chi connectivity index (χ2v) is 7.90. The maximum atomic E-state index is 5.89. The third-order valence-corrected chi connectivity index (χ3v) is 5.26. The first-order valence-corrected chi connectivity index (χ1v) is 9.33. The Kier molecular flexibility index (Phi) is 3.74. The molecule has 0 aliphatic carbocycles. The Labute approximate surface area is 125 Å². The van der Waals surface area contributed by atoms with E-state index in [4.69, 9.17) is 4.42 Å². The van der Waals surface area contributed by atoms with Crippen LogP contribution in [0.15, 0.2) is 45.7 Å². The van der Waals surface area contributed by atoms with E-state index in [1.54, 1.807) is 10.8 Å². The highest BCUT2D eigenvalue weighted by molar-refractivity contribution is 9.05. The van der Waals surface area contributed by atoms with E-state index < -0.39 is 0 Å². The highest BCUT2D eigenvalue weighted by atomic mass is 33.5. The van der Waals surface area contributed by atoms with Crippen molar-refractivity contribution in [3.8, 4) is 0 Å². The average molecular weight is 306 g/mol. The Morgan fingerprint density at radius 3 is 2.37 bits per heavy atom. The molecule has 0 saturated carbocycles. The molecule has 0 bridgehead atoms. The molecule has 0 unspecified atom stereocenters. The van der Waals surface area contributed by atoms with Crippen LogP contribution in [0, 0.1) is 0 Å². The van der Waals surface area contributed by atoms with E-state index in [2.05, 4.69) is 55.8 Å². The van der Waals surface area contributed by atoms with E-state index in [1.165, 1.54) is 31.1 Å². The smallest absolute Gasteiger partial charge is 0.135 e. The Morgan fingerprint density at radius 1 is 1.00 bits per heavy atom. The fraction of sp³-hybridized carbons (Fsp3) is 0.200. The zero-order valence-corrected chi connectivity index (χ0v) is 13.2. The summed E-state index contributed by atoms with van der Waals surface area (Å²) in [4.78, 5) is 1.20. The second kappa shape index (κ2) is 5.35. The molecule has 1 aromatic heterocycles. The second-order valence-electron chi connectivity index (χ2n) is 4.83. The first kappa shape index (κ1) is 13.3. The molecule has 1 nitrogen and oxygen atoms in total. The quantitative estimate of drug-likeness (QED) is 0.451. The van der Waals surface area contributed by atoms with Crippen molar-refractivity contribution in [2.24, 2.45) is 0 Å². The molecule has 0 aliphatic heterocycles. The number of thiol groups is 1. The molecule has 0 radical (unpaired) electrons. The van der Waals surface area contributed by atoms with Crippen LogP contribution in [0.5, 0.6) is 0 Å². The van der Waals surface area contributed by atoms with Crippen molar-refractivity contribution < 1.29 is 4.42 Å². The average Bonchev–Trinajstić information content (AvgIpc) is 2.76. The Balaban J connectivity index is 2.25. The minimum Gasteiger partial charge on any atom is -0.456 e. The van der Waals surface area contributed by atoms with Crippen LogP contribution in [0.3, 0.4) is 0 Å². The van der Waals surface area contributed by atoms with Gasteiger partial charge in [0.05, 0.1) is 0 Å². The van der Waals surface area contributed by atoms with Crippen LogP contribution in [-0.4, -0.2) is 0 Å². The highest BCUT2D eigenvalue weighted by Gasteiger charge is 2.09. The lowest BCUT2D eigenvalue weighted by Crippen LogP contribution is -1.85. The van der Waals surface area contributed by atoms with Crippen LogP contribution < -0.4 is 0 Å². The van der Waals surface area contributed by atoms with E-state index in [9.17, 15) is 0 Å². The van der Waals surface area contributed by atoms with Crippen LogP contribution in [0.2, 0.25) is 0 Å². The van der Waals surface area contributed by atoms with Crippen molar-refractivity contribution in [2.75, 3.05) is 0 Å². The molecule has 3 rings (SSSR count). The van der Waals surface area contributed by atoms with Crippen molar-refractivity contribution >= 4 is 54.2 Å². The maximum absolute atomic E-state index is 5.89. The van der Waals surface area contributed by atoms with Gasteiger partial charge in [0.2, 0.25) is 0 Å². The van der Waals surface area contributed by atoms with E-state index in [0.717, 1.165) is 11.2 Å². The summed E-state index contributed by atoms with van der Waals surface area (Å²) in [6, 6.07) is 12.8. The van der Waals surface area contributed by atoms with Crippen molar-refractivity contribution in [3.05, 3.63) is 42.0 Å². The molecule has 0 atom stereocenters. The fourth-order valence-electron chi connectivity index (χ4n) is 2.23. The molecular formula is C15H14OS3. The third kappa shape index (κ3) is 2.49.